The van der Waals surface area contributed by atoms with E-state index in [4.69, 9.17) is 23.2 Å². The average Bonchev–Trinajstić information content (AvgIpc) is 2.87. The lowest BCUT2D eigenvalue weighted by atomic mass is 10.2. The smallest absolute Gasteiger partial charge is 0.261 e. The molecule has 8 nitrogen and oxygen atoms in total. The number of hydrogen-bond donors (Lipinski definition) is 3. The molecule has 0 aliphatic heterocycles. The summed E-state index contributed by atoms with van der Waals surface area (Å²) < 4.78 is 55.1. The number of hydrogen-bond acceptors (Lipinski definition) is 5. The molecule has 0 aliphatic rings. The molecule has 190 valence electrons. The predicted octanol–water partition coefficient (Wildman–Crippen LogP) is 5.85. The van der Waals surface area contributed by atoms with Crippen molar-refractivity contribution in [2.24, 2.45) is 0 Å². The van der Waals surface area contributed by atoms with Gasteiger partial charge >= 0.3 is 0 Å². The van der Waals surface area contributed by atoms with Crippen LogP contribution >= 0.6 is 23.2 Å². The van der Waals surface area contributed by atoms with Gasteiger partial charge in [0.05, 0.1) is 20.5 Å². The van der Waals surface area contributed by atoms with E-state index in [1.807, 2.05) is 0 Å². The van der Waals surface area contributed by atoms with E-state index >= 15 is 0 Å². The molecule has 4 aromatic carbocycles. The molecule has 0 fully saturated rings. The van der Waals surface area contributed by atoms with E-state index in [0.29, 0.717) is 16.4 Å². The monoisotopic (exact) mass is 575 g/mol. The molecule has 37 heavy (non-hydrogen) atoms. The number of carbonyl (C=O) groups excluding carboxylic acids is 1. The summed E-state index contributed by atoms with van der Waals surface area (Å²) >= 11 is 12.0. The number of nitrogens with one attached hydrogen (secondary N) is 3. The Kier molecular flexibility index (Phi) is 7.74. The summed E-state index contributed by atoms with van der Waals surface area (Å²) in [6.45, 7) is 0. The number of sulfonamides is 2. The van der Waals surface area contributed by atoms with E-state index in [9.17, 15) is 21.6 Å². The molecular weight excluding hydrogens is 557 g/mol. The van der Waals surface area contributed by atoms with E-state index in [1.54, 1.807) is 30.3 Å². The topological polar surface area (TPSA) is 121 Å². The van der Waals surface area contributed by atoms with Gasteiger partial charge in [-0.2, -0.15) is 0 Å². The third-order valence-electron chi connectivity index (χ3n) is 5.05. The molecule has 12 heteroatoms. The molecule has 0 atom stereocenters. The van der Waals surface area contributed by atoms with E-state index in [-0.39, 0.29) is 26.1 Å². The summed E-state index contributed by atoms with van der Waals surface area (Å²) in [7, 11) is -7.70. The van der Waals surface area contributed by atoms with Gasteiger partial charge < -0.3 is 5.32 Å². The Hall–Kier alpha value is -3.57. The van der Waals surface area contributed by atoms with Crippen molar-refractivity contribution in [3.63, 3.8) is 0 Å². The van der Waals surface area contributed by atoms with Crippen LogP contribution in [0.4, 0.5) is 17.1 Å². The number of rotatable bonds is 8. The fourth-order valence-corrected chi connectivity index (χ4v) is 5.76. The maximum atomic E-state index is 12.7. The van der Waals surface area contributed by atoms with Gasteiger partial charge in [-0.05, 0) is 78.9 Å². The third-order valence-corrected chi connectivity index (χ3v) is 8.39. The predicted molar refractivity (Wildman–Crippen MR) is 145 cm³/mol. The second kappa shape index (κ2) is 10.8. The Labute approximate surface area is 224 Å². The highest BCUT2D eigenvalue weighted by Gasteiger charge is 2.18. The molecule has 0 aromatic heterocycles. The Bertz CT molecular complexity index is 1650. The largest absolute Gasteiger partial charge is 0.322 e. The van der Waals surface area contributed by atoms with Crippen molar-refractivity contribution >= 4 is 66.2 Å². The first-order chi connectivity index (χ1) is 17.5. The average molecular weight is 576 g/mol. The van der Waals surface area contributed by atoms with Gasteiger partial charge in [-0.15, -0.1) is 0 Å². The Morgan fingerprint density at radius 3 is 1.81 bits per heavy atom. The van der Waals surface area contributed by atoms with Gasteiger partial charge in [-0.1, -0.05) is 41.4 Å². The number of benzene rings is 4. The van der Waals surface area contributed by atoms with Crippen LogP contribution in [0, 0.1) is 0 Å². The maximum absolute atomic E-state index is 12.7. The molecule has 4 rings (SSSR count). The van der Waals surface area contributed by atoms with Crippen molar-refractivity contribution in [3.05, 3.63) is 113 Å². The summed E-state index contributed by atoms with van der Waals surface area (Å²) in [5.74, 6) is -0.519. The molecule has 0 unspecified atom stereocenters. The summed E-state index contributed by atoms with van der Waals surface area (Å²) in [6.07, 6.45) is 0. The number of halogens is 2. The lowest BCUT2D eigenvalue weighted by molar-refractivity contribution is 0.102. The minimum Gasteiger partial charge on any atom is -0.322 e. The van der Waals surface area contributed by atoms with Gasteiger partial charge in [-0.25, -0.2) is 16.8 Å². The van der Waals surface area contributed by atoms with Gasteiger partial charge in [-0.3, -0.25) is 14.2 Å². The summed E-state index contributed by atoms with van der Waals surface area (Å²) in [5, 5.41) is 3.16. The number of anilines is 3. The first-order valence-corrected chi connectivity index (χ1v) is 14.3. The standard InChI is InChI=1S/C25H19Cl2N3O5S2/c26-18-7-9-20(10-8-18)29-36(32,33)22-13-11-19(12-14-22)28-25(31)17-6-15-24(23(27)16-17)30-37(34,35)21-4-2-1-3-5-21/h1-16,29-30H,(H,28,31). The molecule has 3 N–H and O–H groups in total. The van der Waals surface area contributed by atoms with Gasteiger partial charge in [0.25, 0.3) is 26.0 Å². The fraction of sp³-hybridized carbons (Fsp3) is 0. The van der Waals surface area contributed by atoms with E-state index < -0.39 is 26.0 Å². The maximum Gasteiger partial charge on any atom is 0.261 e. The van der Waals surface area contributed by atoms with Crippen LogP contribution in [0.15, 0.2) is 107 Å². The van der Waals surface area contributed by atoms with Crippen molar-refractivity contribution in [1.82, 2.24) is 0 Å². The van der Waals surface area contributed by atoms with Crippen LogP contribution in [0.1, 0.15) is 10.4 Å². The molecule has 0 bridgehead atoms. The second-order valence-electron chi connectivity index (χ2n) is 7.70. The van der Waals surface area contributed by atoms with Crippen LogP contribution in [0.5, 0.6) is 0 Å². The van der Waals surface area contributed by atoms with E-state index in [1.165, 1.54) is 66.7 Å². The lowest BCUT2D eigenvalue weighted by Crippen LogP contribution is -2.15. The van der Waals surface area contributed by atoms with E-state index in [0.717, 1.165) is 0 Å². The highest BCUT2D eigenvalue weighted by atomic mass is 35.5. The Morgan fingerprint density at radius 2 is 1.19 bits per heavy atom. The molecule has 0 aliphatic carbocycles. The second-order valence-corrected chi connectivity index (χ2v) is 11.9. The van der Waals surface area contributed by atoms with Crippen LogP contribution in [0.2, 0.25) is 10.0 Å². The molecule has 0 saturated heterocycles. The molecular formula is C25H19Cl2N3O5S2. The summed E-state index contributed by atoms with van der Waals surface area (Å²) in [4.78, 5) is 12.8. The van der Waals surface area contributed by atoms with Crippen LogP contribution in [0.25, 0.3) is 0 Å². The molecule has 1 amide bonds. The molecule has 4 aromatic rings. The molecule has 0 heterocycles. The quantitative estimate of drug-likeness (QED) is 0.243. The summed E-state index contributed by atoms with van der Waals surface area (Å²) in [5.41, 5.74) is 0.993. The minimum atomic E-state index is -3.85. The van der Waals surface area contributed by atoms with Gasteiger partial charge in [0.2, 0.25) is 0 Å². The normalized spacial score (nSPS) is 11.5. The zero-order chi connectivity index (χ0) is 26.6. The van der Waals surface area contributed by atoms with Crippen LogP contribution in [-0.4, -0.2) is 22.7 Å². The Morgan fingerprint density at radius 1 is 0.622 bits per heavy atom. The van der Waals surface area contributed by atoms with E-state index in [2.05, 4.69) is 14.8 Å². The van der Waals surface area contributed by atoms with Crippen LogP contribution in [0.3, 0.4) is 0 Å². The van der Waals surface area contributed by atoms with Crippen molar-refractivity contribution in [3.8, 4) is 0 Å². The van der Waals surface area contributed by atoms with Crippen LogP contribution < -0.4 is 14.8 Å². The molecule has 0 spiro atoms. The highest BCUT2D eigenvalue weighted by Crippen LogP contribution is 2.27. The number of carbonyl (C=O) groups is 1. The lowest BCUT2D eigenvalue weighted by Gasteiger charge is -2.12. The summed E-state index contributed by atoms with van der Waals surface area (Å²) in [6, 6.07) is 23.7. The molecule has 0 saturated carbocycles. The van der Waals surface area contributed by atoms with Gasteiger partial charge in [0, 0.05) is 22.0 Å². The SMILES string of the molecule is O=C(Nc1ccc(S(=O)(=O)Nc2ccc(Cl)cc2)cc1)c1ccc(NS(=O)(=O)c2ccccc2)c(Cl)c1. The Balaban J connectivity index is 1.43. The zero-order valence-electron chi connectivity index (χ0n) is 18.9. The van der Waals surface area contributed by atoms with Gasteiger partial charge in [0.15, 0.2) is 0 Å². The first-order valence-electron chi connectivity index (χ1n) is 10.6. The highest BCUT2D eigenvalue weighted by molar-refractivity contribution is 7.93. The van der Waals surface area contributed by atoms with Crippen molar-refractivity contribution in [2.45, 2.75) is 9.79 Å². The minimum absolute atomic E-state index is 0.00135. The van der Waals surface area contributed by atoms with Crippen molar-refractivity contribution in [2.75, 3.05) is 14.8 Å². The third kappa shape index (κ3) is 6.60. The first kappa shape index (κ1) is 26.5. The fourth-order valence-electron chi connectivity index (χ4n) is 3.20. The number of amides is 1. The zero-order valence-corrected chi connectivity index (χ0v) is 22.0. The van der Waals surface area contributed by atoms with Crippen molar-refractivity contribution < 1.29 is 21.6 Å². The molecule has 0 radical (unpaired) electrons. The van der Waals surface area contributed by atoms with Crippen molar-refractivity contribution in [1.29, 1.82) is 0 Å². The van der Waals surface area contributed by atoms with Crippen LogP contribution in [-0.2, 0) is 20.0 Å². The van der Waals surface area contributed by atoms with Gasteiger partial charge in [0.1, 0.15) is 0 Å².